The monoisotopic (exact) mass is 423 g/mol. The standard InChI is InChI=1S/C18H18ClN3O5S/c19-15-4-2-1-3-13(15)10-21-7-8-22(28(21,24)25)11-18(23)20-14-5-6-16-17(9-14)27-12-26-16/h1-6,9H,7-8,10-12H2,(H,20,23). The van der Waals surface area contributed by atoms with Gasteiger partial charge >= 0.3 is 0 Å². The van der Waals surface area contributed by atoms with Crippen molar-refractivity contribution < 1.29 is 22.7 Å². The fourth-order valence-electron chi connectivity index (χ4n) is 3.09. The van der Waals surface area contributed by atoms with Gasteiger partial charge in [-0.15, -0.1) is 0 Å². The third-order valence-corrected chi connectivity index (χ3v) is 6.83. The minimum Gasteiger partial charge on any atom is -0.454 e. The lowest BCUT2D eigenvalue weighted by atomic mass is 10.2. The lowest BCUT2D eigenvalue weighted by Crippen LogP contribution is -2.37. The van der Waals surface area contributed by atoms with Crippen LogP contribution in [0.1, 0.15) is 5.56 Å². The molecule has 0 atom stereocenters. The maximum Gasteiger partial charge on any atom is 0.282 e. The van der Waals surface area contributed by atoms with E-state index in [4.69, 9.17) is 21.1 Å². The van der Waals surface area contributed by atoms with Crippen molar-refractivity contribution in [2.24, 2.45) is 0 Å². The van der Waals surface area contributed by atoms with E-state index < -0.39 is 16.1 Å². The third-order valence-electron chi connectivity index (χ3n) is 4.53. The number of hydrogen-bond donors (Lipinski definition) is 1. The predicted molar refractivity (Wildman–Crippen MR) is 104 cm³/mol. The Morgan fingerprint density at radius 3 is 2.64 bits per heavy atom. The molecule has 1 fully saturated rings. The number of nitrogens with zero attached hydrogens (tertiary/aromatic N) is 2. The zero-order chi connectivity index (χ0) is 19.7. The normalized spacial score (nSPS) is 18.3. The van der Waals surface area contributed by atoms with Crippen LogP contribution < -0.4 is 14.8 Å². The number of ether oxygens (including phenoxy) is 2. The third kappa shape index (κ3) is 3.79. The van der Waals surface area contributed by atoms with E-state index in [0.29, 0.717) is 28.8 Å². The smallest absolute Gasteiger partial charge is 0.282 e. The van der Waals surface area contributed by atoms with E-state index in [2.05, 4.69) is 5.32 Å². The average molecular weight is 424 g/mol. The number of carbonyl (C=O) groups is 1. The summed E-state index contributed by atoms with van der Waals surface area (Å²) in [5, 5.41) is 3.20. The van der Waals surface area contributed by atoms with Crippen LogP contribution in [0.5, 0.6) is 11.5 Å². The van der Waals surface area contributed by atoms with Gasteiger partial charge in [-0.3, -0.25) is 4.79 Å². The van der Waals surface area contributed by atoms with Crippen LogP contribution in [-0.4, -0.2) is 49.4 Å². The van der Waals surface area contributed by atoms with E-state index in [-0.39, 0.29) is 26.4 Å². The Kier molecular flexibility index (Phi) is 5.15. The summed E-state index contributed by atoms with van der Waals surface area (Å²) in [6.07, 6.45) is 0. The molecule has 2 heterocycles. The van der Waals surface area contributed by atoms with Crippen molar-refractivity contribution >= 4 is 33.4 Å². The van der Waals surface area contributed by atoms with Gasteiger partial charge in [0.25, 0.3) is 10.2 Å². The van der Waals surface area contributed by atoms with Crippen molar-refractivity contribution in [2.45, 2.75) is 6.54 Å². The van der Waals surface area contributed by atoms with Crippen molar-refractivity contribution in [1.82, 2.24) is 8.61 Å². The molecule has 28 heavy (non-hydrogen) atoms. The zero-order valence-electron chi connectivity index (χ0n) is 14.8. The van der Waals surface area contributed by atoms with Gasteiger partial charge in [-0.2, -0.15) is 17.0 Å². The van der Waals surface area contributed by atoms with E-state index in [1.807, 2.05) is 0 Å². The van der Waals surface area contributed by atoms with Crippen LogP contribution in [-0.2, 0) is 21.5 Å². The molecule has 148 valence electrons. The predicted octanol–water partition coefficient (Wildman–Crippen LogP) is 2.07. The second-order valence-corrected chi connectivity index (χ2v) is 8.72. The zero-order valence-corrected chi connectivity index (χ0v) is 16.4. The van der Waals surface area contributed by atoms with Gasteiger partial charge in [0, 0.05) is 36.4 Å². The Hall–Kier alpha value is -2.33. The Balaban J connectivity index is 1.39. The molecule has 0 unspecified atom stereocenters. The summed E-state index contributed by atoms with van der Waals surface area (Å²) in [5.74, 6) is 0.717. The highest BCUT2D eigenvalue weighted by Crippen LogP contribution is 2.34. The number of hydrogen-bond acceptors (Lipinski definition) is 5. The summed E-state index contributed by atoms with van der Waals surface area (Å²) in [5.41, 5.74) is 1.23. The molecule has 1 saturated heterocycles. The van der Waals surface area contributed by atoms with Gasteiger partial charge in [0.1, 0.15) is 0 Å². The highest BCUT2D eigenvalue weighted by Gasteiger charge is 2.37. The SMILES string of the molecule is O=C(CN1CCN(Cc2ccccc2Cl)S1(=O)=O)Nc1ccc2c(c1)OCO2. The van der Waals surface area contributed by atoms with E-state index in [1.165, 1.54) is 4.31 Å². The Labute approximate surface area is 167 Å². The Morgan fingerprint density at radius 1 is 1.07 bits per heavy atom. The second kappa shape index (κ2) is 7.59. The molecule has 8 nitrogen and oxygen atoms in total. The van der Waals surface area contributed by atoms with E-state index >= 15 is 0 Å². The molecule has 2 aliphatic heterocycles. The van der Waals surface area contributed by atoms with Gasteiger partial charge in [0.2, 0.25) is 12.7 Å². The van der Waals surface area contributed by atoms with Crippen LogP contribution in [0.2, 0.25) is 5.02 Å². The first kappa shape index (κ1) is 19.0. The van der Waals surface area contributed by atoms with Gasteiger partial charge in [0.15, 0.2) is 11.5 Å². The molecule has 0 aromatic heterocycles. The number of fused-ring (bicyclic) bond motifs is 1. The molecule has 0 spiro atoms. The molecule has 0 saturated carbocycles. The summed E-state index contributed by atoms with van der Waals surface area (Å²) in [6.45, 7) is 0.574. The first-order chi connectivity index (χ1) is 13.4. The van der Waals surface area contributed by atoms with Gasteiger partial charge in [0.05, 0.1) is 6.54 Å². The summed E-state index contributed by atoms with van der Waals surface area (Å²) >= 11 is 6.13. The van der Waals surface area contributed by atoms with Crippen LogP contribution in [0.3, 0.4) is 0 Å². The lowest BCUT2D eigenvalue weighted by Gasteiger charge is -2.19. The largest absolute Gasteiger partial charge is 0.454 e. The minimum absolute atomic E-state index is 0.139. The van der Waals surface area contributed by atoms with E-state index in [1.54, 1.807) is 42.5 Å². The maximum absolute atomic E-state index is 12.7. The second-order valence-electron chi connectivity index (χ2n) is 6.38. The van der Waals surface area contributed by atoms with Crippen LogP contribution in [0.25, 0.3) is 0 Å². The summed E-state index contributed by atoms with van der Waals surface area (Å²) in [6, 6.07) is 12.1. The number of carbonyl (C=O) groups excluding carboxylic acids is 1. The highest BCUT2D eigenvalue weighted by molar-refractivity contribution is 7.87. The molecule has 2 aliphatic rings. The molecule has 1 amide bonds. The minimum atomic E-state index is -3.74. The molecular weight excluding hydrogens is 406 g/mol. The van der Waals surface area contributed by atoms with Gasteiger partial charge < -0.3 is 14.8 Å². The molecule has 0 aliphatic carbocycles. The fourth-order valence-corrected chi connectivity index (χ4v) is 4.82. The maximum atomic E-state index is 12.7. The van der Waals surface area contributed by atoms with Crippen molar-refractivity contribution in [3.05, 3.63) is 53.1 Å². The van der Waals surface area contributed by atoms with Crippen molar-refractivity contribution in [3.63, 3.8) is 0 Å². The lowest BCUT2D eigenvalue weighted by molar-refractivity contribution is -0.116. The number of rotatable bonds is 5. The van der Waals surface area contributed by atoms with Crippen LogP contribution in [0.4, 0.5) is 5.69 Å². The molecule has 4 rings (SSSR count). The molecule has 0 radical (unpaired) electrons. The molecule has 2 aromatic carbocycles. The van der Waals surface area contributed by atoms with Crippen molar-refractivity contribution in [3.8, 4) is 11.5 Å². The van der Waals surface area contributed by atoms with Crippen LogP contribution in [0, 0.1) is 0 Å². The van der Waals surface area contributed by atoms with Gasteiger partial charge in [-0.1, -0.05) is 29.8 Å². The van der Waals surface area contributed by atoms with Crippen molar-refractivity contribution in [1.29, 1.82) is 0 Å². The van der Waals surface area contributed by atoms with Crippen LogP contribution >= 0.6 is 11.6 Å². The van der Waals surface area contributed by atoms with Gasteiger partial charge in [-0.25, -0.2) is 0 Å². The fraction of sp³-hybridized carbons (Fsp3) is 0.278. The molecule has 2 aromatic rings. The van der Waals surface area contributed by atoms with E-state index in [9.17, 15) is 13.2 Å². The molecular formula is C18H18ClN3O5S. The first-order valence-corrected chi connectivity index (χ1v) is 10.4. The number of nitrogens with one attached hydrogen (secondary N) is 1. The summed E-state index contributed by atoms with van der Waals surface area (Å²) in [4.78, 5) is 12.3. The number of benzene rings is 2. The van der Waals surface area contributed by atoms with Crippen molar-refractivity contribution in [2.75, 3.05) is 31.7 Å². The topological polar surface area (TPSA) is 88.2 Å². The molecule has 0 bridgehead atoms. The highest BCUT2D eigenvalue weighted by atomic mass is 35.5. The molecule has 1 N–H and O–H groups in total. The quantitative estimate of drug-likeness (QED) is 0.795. The Bertz CT molecular complexity index is 1010. The number of anilines is 1. The summed E-state index contributed by atoms with van der Waals surface area (Å²) in [7, 11) is -3.74. The molecule has 10 heteroatoms. The average Bonchev–Trinajstić information content (AvgIpc) is 3.22. The first-order valence-electron chi connectivity index (χ1n) is 8.61. The Morgan fingerprint density at radius 2 is 1.82 bits per heavy atom. The van der Waals surface area contributed by atoms with Gasteiger partial charge in [-0.05, 0) is 23.8 Å². The van der Waals surface area contributed by atoms with E-state index in [0.717, 1.165) is 9.87 Å². The summed E-state index contributed by atoms with van der Waals surface area (Å²) < 4.78 is 38.5. The number of halogens is 1. The number of amides is 1. The van der Waals surface area contributed by atoms with Crippen LogP contribution in [0.15, 0.2) is 42.5 Å².